The summed E-state index contributed by atoms with van der Waals surface area (Å²) in [6.45, 7) is 3.05. The monoisotopic (exact) mass is 290 g/mol. The molecule has 1 aliphatic rings. The maximum atomic E-state index is 6.12. The first-order valence-electron chi connectivity index (χ1n) is 6.78. The number of fused-ring (bicyclic) bond motifs is 1. The Balaban J connectivity index is 1.94. The molecule has 1 aromatic carbocycles. The number of ether oxygens (including phenoxy) is 2. The first-order chi connectivity index (χ1) is 9.81. The van der Waals surface area contributed by atoms with Crippen LogP contribution in [0, 0.1) is 0 Å². The average molecular weight is 290 g/mol. The largest absolute Gasteiger partial charge is 0.497 e. The second-order valence-corrected chi connectivity index (χ2v) is 5.49. The second kappa shape index (κ2) is 5.81. The van der Waals surface area contributed by atoms with Crippen LogP contribution in [0.25, 0.3) is 0 Å². The number of hydrogen-bond donors (Lipinski definition) is 1. The van der Waals surface area contributed by atoms with Gasteiger partial charge in [-0.15, -0.1) is 11.3 Å². The molecule has 0 fully saturated rings. The lowest BCUT2D eigenvalue weighted by Gasteiger charge is -2.32. The number of nitrogens with zero attached hydrogens (tertiary/aromatic N) is 1. The van der Waals surface area contributed by atoms with Crippen molar-refractivity contribution in [2.24, 2.45) is 0 Å². The molecule has 0 bridgehead atoms. The van der Waals surface area contributed by atoms with Crippen LogP contribution in [0.15, 0.2) is 29.1 Å². The third-order valence-electron chi connectivity index (χ3n) is 3.55. The highest BCUT2D eigenvalue weighted by molar-refractivity contribution is 7.07. The van der Waals surface area contributed by atoms with Gasteiger partial charge in [-0.25, -0.2) is 4.98 Å². The topological polar surface area (TPSA) is 43.4 Å². The molecule has 2 aromatic rings. The maximum Gasteiger partial charge on any atom is 0.143 e. The number of nitrogens with one attached hydrogen (secondary N) is 1. The summed E-state index contributed by atoms with van der Waals surface area (Å²) in [5, 5.41) is 5.58. The third-order valence-corrected chi connectivity index (χ3v) is 4.15. The molecule has 0 amide bonds. The van der Waals surface area contributed by atoms with E-state index in [2.05, 4.69) is 28.7 Å². The molecule has 5 heteroatoms. The Morgan fingerprint density at radius 1 is 1.50 bits per heavy atom. The molecular formula is C15H18N2O2S. The van der Waals surface area contributed by atoms with Crippen molar-refractivity contribution < 1.29 is 9.47 Å². The zero-order valence-corrected chi connectivity index (χ0v) is 12.4. The highest BCUT2D eigenvalue weighted by Crippen LogP contribution is 2.42. The van der Waals surface area contributed by atoms with Gasteiger partial charge < -0.3 is 14.8 Å². The van der Waals surface area contributed by atoms with Gasteiger partial charge in [0.25, 0.3) is 0 Å². The summed E-state index contributed by atoms with van der Waals surface area (Å²) in [7, 11) is 1.67. The molecule has 0 spiro atoms. The van der Waals surface area contributed by atoms with Crippen LogP contribution in [-0.4, -0.2) is 18.6 Å². The van der Waals surface area contributed by atoms with E-state index < -0.39 is 0 Å². The molecule has 20 heavy (non-hydrogen) atoms. The molecule has 0 radical (unpaired) electrons. The molecule has 0 saturated carbocycles. The van der Waals surface area contributed by atoms with Gasteiger partial charge in [-0.1, -0.05) is 13.0 Å². The maximum absolute atomic E-state index is 6.12. The van der Waals surface area contributed by atoms with Crippen LogP contribution >= 0.6 is 11.3 Å². The predicted octanol–water partition coefficient (Wildman–Crippen LogP) is 3.33. The van der Waals surface area contributed by atoms with Crippen molar-refractivity contribution in [1.82, 2.24) is 10.3 Å². The lowest BCUT2D eigenvalue weighted by Crippen LogP contribution is -2.29. The fraction of sp³-hybridized carbons (Fsp3) is 0.400. The van der Waals surface area contributed by atoms with E-state index in [0.29, 0.717) is 6.04 Å². The number of thiazole rings is 1. The number of methoxy groups -OCH3 is 1. The molecule has 3 rings (SSSR count). The van der Waals surface area contributed by atoms with Gasteiger partial charge >= 0.3 is 0 Å². The fourth-order valence-electron chi connectivity index (χ4n) is 2.58. The average Bonchev–Trinajstić information content (AvgIpc) is 3.01. The highest BCUT2D eigenvalue weighted by Gasteiger charge is 2.30. The number of benzene rings is 1. The summed E-state index contributed by atoms with van der Waals surface area (Å²) in [4.78, 5) is 4.38. The van der Waals surface area contributed by atoms with Crippen molar-refractivity contribution in [2.45, 2.75) is 25.5 Å². The number of aromatic nitrogens is 1. The van der Waals surface area contributed by atoms with Crippen LogP contribution in [0.2, 0.25) is 0 Å². The molecule has 2 unspecified atom stereocenters. The van der Waals surface area contributed by atoms with Crippen molar-refractivity contribution in [2.75, 3.05) is 13.7 Å². The summed E-state index contributed by atoms with van der Waals surface area (Å²) >= 11 is 1.60. The minimum atomic E-state index is 0.00454. The SMILES string of the molecule is CCNC1CC(c2cscn2)Oc2cc(OC)ccc21. The van der Waals surface area contributed by atoms with Gasteiger partial charge in [0, 0.05) is 29.5 Å². The van der Waals surface area contributed by atoms with E-state index in [-0.39, 0.29) is 6.10 Å². The lowest BCUT2D eigenvalue weighted by atomic mass is 9.95. The Hall–Kier alpha value is -1.59. The zero-order chi connectivity index (χ0) is 13.9. The zero-order valence-electron chi connectivity index (χ0n) is 11.6. The standard InChI is InChI=1S/C15H18N2O2S/c1-3-16-12-7-15(13-8-20-9-17-13)19-14-6-10(18-2)4-5-11(12)14/h4-6,8-9,12,15-16H,3,7H2,1-2H3. The molecule has 1 aliphatic heterocycles. The van der Waals surface area contributed by atoms with E-state index in [1.807, 2.05) is 17.6 Å². The fourth-order valence-corrected chi connectivity index (χ4v) is 3.17. The molecule has 106 valence electrons. The molecule has 0 saturated heterocycles. The van der Waals surface area contributed by atoms with Crippen LogP contribution in [-0.2, 0) is 0 Å². The first-order valence-corrected chi connectivity index (χ1v) is 7.72. The van der Waals surface area contributed by atoms with Gasteiger partial charge in [0.05, 0.1) is 18.3 Å². The highest BCUT2D eigenvalue weighted by atomic mass is 32.1. The molecular weight excluding hydrogens is 272 g/mol. The number of hydrogen-bond acceptors (Lipinski definition) is 5. The van der Waals surface area contributed by atoms with Crippen molar-refractivity contribution in [3.05, 3.63) is 40.3 Å². The van der Waals surface area contributed by atoms with Gasteiger partial charge in [-0.3, -0.25) is 0 Å². The molecule has 4 nitrogen and oxygen atoms in total. The van der Waals surface area contributed by atoms with E-state index in [1.165, 1.54) is 5.56 Å². The van der Waals surface area contributed by atoms with E-state index in [4.69, 9.17) is 9.47 Å². The summed E-state index contributed by atoms with van der Waals surface area (Å²) in [6, 6.07) is 6.31. The normalized spacial score (nSPS) is 21.1. The molecule has 2 heterocycles. The summed E-state index contributed by atoms with van der Waals surface area (Å²) in [5.74, 6) is 1.71. The Kier molecular flexibility index (Phi) is 3.89. The van der Waals surface area contributed by atoms with E-state index in [9.17, 15) is 0 Å². The molecule has 1 aromatic heterocycles. The van der Waals surface area contributed by atoms with E-state index in [1.54, 1.807) is 18.4 Å². The van der Waals surface area contributed by atoms with Gasteiger partial charge in [-0.05, 0) is 12.6 Å². The second-order valence-electron chi connectivity index (χ2n) is 4.77. The van der Waals surface area contributed by atoms with Crippen LogP contribution in [0.5, 0.6) is 11.5 Å². The van der Waals surface area contributed by atoms with E-state index >= 15 is 0 Å². The Morgan fingerprint density at radius 2 is 2.40 bits per heavy atom. The van der Waals surface area contributed by atoms with Gasteiger partial charge in [0.15, 0.2) is 0 Å². The minimum Gasteiger partial charge on any atom is -0.497 e. The minimum absolute atomic E-state index is 0.00454. The first kappa shape index (κ1) is 13.4. The summed E-state index contributed by atoms with van der Waals surface area (Å²) in [6.07, 6.45) is 0.904. The van der Waals surface area contributed by atoms with Crippen LogP contribution in [0.4, 0.5) is 0 Å². The lowest BCUT2D eigenvalue weighted by molar-refractivity contribution is 0.148. The van der Waals surface area contributed by atoms with Gasteiger partial charge in [-0.2, -0.15) is 0 Å². The molecule has 1 N–H and O–H groups in total. The van der Waals surface area contributed by atoms with Gasteiger partial charge in [0.1, 0.15) is 17.6 Å². The smallest absolute Gasteiger partial charge is 0.143 e. The van der Waals surface area contributed by atoms with Crippen LogP contribution < -0.4 is 14.8 Å². The number of rotatable bonds is 4. The predicted molar refractivity (Wildman–Crippen MR) is 79.5 cm³/mol. The Bertz CT molecular complexity index is 571. The molecule has 2 atom stereocenters. The molecule has 0 aliphatic carbocycles. The van der Waals surface area contributed by atoms with Crippen molar-refractivity contribution in [3.8, 4) is 11.5 Å². The van der Waals surface area contributed by atoms with Crippen molar-refractivity contribution in [1.29, 1.82) is 0 Å². The quantitative estimate of drug-likeness (QED) is 0.938. The van der Waals surface area contributed by atoms with Crippen molar-refractivity contribution >= 4 is 11.3 Å². The Morgan fingerprint density at radius 3 is 3.10 bits per heavy atom. The van der Waals surface area contributed by atoms with Crippen LogP contribution in [0.1, 0.15) is 36.7 Å². The summed E-state index contributed by atoms with van der Waals surface area (Å²) < 4.78 is 11.4. The van der Waals surface area contributed by atoms with Crippen molar-refractivity contribution in [3.63, 3.8) is 0 Å². The Labute approximate surface area is 122 Å². The van der Waals surface area contributed by atoms with Gasteiger partial charge in [0.2, 0.25) is 0 Å². The van der Waals surface area contributed by atoms with Crippen LogP contribution in [0.3, 0.4) is 0 Å². The summed E-state index contributed by atoms with van der Waals surface area (Å²) in [5.41, 5.74) is 4.05. The van der Waals surface area contributed by atoms with E-state index in [0.717, 1.165) is 30.2 Å². The third kappa shape index (κ3) is 2.51.